The molecule has 0 fully saturated rings. The van der Waals surface area contributed by atoms with Gasteiger partial charge in [-0.3, -0.25) is 0 Å². The van der Waals surface area contributed by atoms with Crippen LogP contribution in [0.25, 0.3) is 0 Å². The summed E-state index contributed by atoms with van der Waals surface area (Å²) < 4.78 is 5.60. The van der Waals surface area contributed by atoms with Gasteiger partial charge in [-0.05, 0) is 23.8 Å². The minimum absolute atomic E-state index is 0.0554. The first-order valence-electron chi connectivity index (χ1n) is 5.57. The van der Waals surface area contributed by atoms with E-state index >= 15 is 0 Å². The number of aliphatic hydroxyl groups excluding tert-OH is 1. The summed E-state index contributed by atoms with van der Waals surface area (Å²) in [7, 11) is 0. The van der Waals surface area contributed by atoms with Crippen molar-refractivity contribution in [1.29, 1.82) is 0 Å². The number of halogens is 3. The highest BCUT2D eigenvalue weighted by molar-refractivity contribution is 6.42. The zero-order valence-electron chi connectivity index (χ0n) is 9.87. The average molecular weight is 318 g/mol. The minimum Gasteiger partial charge on any atom is -0.487 e. The molecule has 0 aliphatic rings. The van der Waals surface area contributed by atoms with Gasteiger partial charge in [0.25, 0.3) is 0 Å². The molecule has 2 aromatic carbocycles. The van der Waals surface area contributed by atoms with Gasteiger partial charge in [-0.1, -0.05) is 53.0 Å². The molecule has 0 aliphatic carbocycles. The van der Waals surface area contributed by atoms with E-state index < -0.39 is 0 Å². The molecule has 0 radical (unpaired) electrons. The van der Waals surface area contributed by atoms with Gasteiger partial charge < -0.3 is 9.84 Å². The van der Waals surface area contributed by atoms with Gasteiger partial charge >= 0.3 is 0 Å². The van der Waals surface area contributed by atoms with Crippen LogP contribution in [0.3, 0.4) is 0 Å². The second-order valence-corrected chi connectivity index (χ2v) is 5.12. The van der Waals surface area contributed by atoms with Crippen LogP contribution in [0.4, 0.5) is 0 Å². The van der Waals surface area contributed by atoms with E-state index in [9.17, 15) is 0 Å². The molecule has 0 amide bonds. The van der Waals surface area contributed by atoms with Crippen LogP contribution in [-0.2, 0) is 13.2 Å². The molecule has 0 atom stereocenters. The summed E-state index contributed by atoms with van der Waals surface area (Å²) in [5, 5.41) is 10.4. The van der Waals surface area contributed by atoms with Gasteiger partial charge in [0, 0.05) is 5.56 Å². The lowest BCUT2D eigenvalue weighted by Crippen LogP contribution is -1.97. The van der Waals surface area contributed by atoms with E-state index in [1.165, 1.54) is 0 Å². The molecule has 0 aliphatic heterocycles. The molecular formula is C14H11Cl3O2. The molecule has 0 unspecified atom stereocenters. The summed E-state index contributed by atoms with van der Waals surface area (Å²) in [6, 6.07) is 10.5. The van der Waals surface area contributed by atoms with E-state index in [1.807, 2.05) is 12.1 Å². The molecule has 100 valence electrons. The van der Waals surface area contributed by atoms with Crippen LogP contribution < -0.4 is 4.74 Å². The zero-order valence-corrected chi connectivity index (χ0v) is 12.1. The smallest absolute Gasteiger partial charge is 0.138 e. The SMILES string of the molecule is OCc1ccc(OCc2cccc(Cl)c2Cl)c(Cl)c1. The van der Waals surface area contributed by atoms with Crippen LogP contribution in [0.2, 0.25) is 15.1 Å². The van der Waals surface area contributed by atoms with E-state index in [4.69, 9.17) is 44.6 Å². The summed E-state index contributed by atoms with van der Waals surface area (Å²) >= 11 is 18.0. The molecular weight excluding hydrogens is 307 g/mol. The summed E-state index contributed by atoms with van der Waals surface area (Å²) in [5.74, 6) is 0.537. The number of benzene rings is 2. The first-order chi connectivity index (χ1) is 9.11. The Balaban J connectivity index is 2.12. The van der Waals surface area contributed by atoms with Crippen molar-refractivity contribution >= 4 is 34.8 Å². The third-order valence-electron chi connectivity index (χ3n) is 2.59. The van der Waals surface area contributed by atoms with Crippen molar-refractivity contribution in [1.82, 2.24) is 0 Å². The highest BCUT2D eigenvalue weighted by atomic mass is 35.5. The minimum atomic E-state index is -0.0554. The monoisotopic (exact) mass is 316 g/mol. The molecule has 19 heavy (non-hydrogen) atoms. The summed E-state index contributed by atoms with van der Waals surface area (Å²) in [6.07, 6.45) is 0. The topological polar surface area (TPSA) is 29.5 Å². The summed E-state index contributed by atoms with van der Waals surface area (Å²) in [4.78, 5) is 0. The first kappa shape index (κ1) is 14.5. The molecule has 0 aromatic heterocycles. The van der Waals surface area contributed by atoms with Gasteiger partial charge in [-0.15, -0.1) is 0 Å². The fourth-order valence-corrected chi connectivity index (χ4v) is 2.21. The Morgan fingerprint density at radius 3 is 2.47 bits per heavy atom. The number of aliphatic hydroxyl groups is 1. The van der Waals surface area contributed by atoms with Gasteiger partial charge in [0.15, 0.2) is 0 Å². The Labute approximate surface area is 126 Å². The van der Waals surface area contributed by atoms with Gasteiger partial charge in [0.05, 0.1) is 21.7 Å². The van der Waals surface area contributed by atoms with Gasteiger partial charge in [-0.2, -0.15) is 0 Å². The van der Waals surface area contributed by atoms with Crippen LogP contribution in [0, 0.1) is 0 Å². The van der Waals surface area contributed by atoms with Gasteiger partial charge in [0.1, 0.15) is 12.4 Å². The number of hydrogen-bond donors (Lipinski definition) is 1. The first-order valence-corrected chi connectivity index (χ1v) is 6.70. The zero-order chi connectivity index (χ0) is 13.8. The average Bonchev–Trinajstić information content (AvgIpc) is 2.41. The second kappa shape index (κ2) is 6.49. The molecule has 0 saturated heterocycles. The largest absolute Gasteiger partial charge is 0.487 e. The fraction of sp³-hybridized carbons (Fsp3) is 0.143. The van der Waals surface area contributed by atoms with Gasteiger partial charge in [0.2, 0.25) is 0 Å². The van der Waals surface area contributed by atoms with Gasteiger partial charge in [-0.25, -0.2) is 0 Å². The Kier molecular flexibility index (Phi) is 4.94. The number of rotatable bonds is 4. The Hall–Kier alpha value is -0.930. The van der Waals surface area contributed by atoms with E-state index in [-0.39, 0.29) is 13.2 Å². The maximum Gasteiger partial charge on any atom is 0.138 e. The van der Waals surface area contributed by atoms with Crippen LogP contribution in [0.1, 0.15) is 11.1 Å². The molecule has 1 N–H and O–H groups in total. The molecule has 0 saturated carbocycles. The van der Waals surface area contributed by atoms with E-state index in [2.05, 4.69) is 0 Å². The molecule has 5 heteroatoms. The van der Waals surface area contributed by atoms with E-state index in [0.29, 0.717) is 20.8 Å². The maximum atomic E-state index is 9.00. The lowest BCUT2D eigenvalue weighted by molar-refractivity contribution is 0.281. The summed E-state index contributed by atoms with van der Waals surface area (Å²) in [6.45, 7) is 0.220. The molecule has 2 rings (SSSR count). The highest BCUT2D eigenvalue weighted by Crippen LogP contribution is 2.29. The Bertz CT molecular complexity index is 585. The fourth-order valence-electron chi connectivity index (χ4n) is 1.58. The van der Waals surface area contributed by atoms with E-state index in [0.717, 1.165) is 11.1 Å². The van der Waals surface area contributed by atoms with Crippen molar-refractivity contribution in [2.24, 2.45) is 0 Å². The molecule has 0 heterocycles. The standard InChI is InChI=1S/C14H11Cl3O2/c15-11-3-1-2-10(14(11)17)8-19-13-5-4-9(7-18)6-12(13)16/h1-6,18H,7-8H2. The van der Waals surface area contributed by atoms with Crippen LogP contribution in [-0.4, -0.2) is 5.11 Å². The third kappa shape index (κ3) is 3.54. The highest BCUT2D eigenvalue weighted by Gasteiger charge is 2.07. The van der Waals surface area contributed by atoms with Crippen molar-refractivity contribution in [3.8, 4) is 5.75 Å². The van der Waals surface area contributed by atoms with Crippen molar-refractivity contribution in [2.45, 2.75) is 13.2 Å². The molecule has 2 nitrogen and oxygen atoms in total. The Morgan fingerprint density at radius 1 is 1.00 bits per heavy atom. The maximum absolute atomic E-state index is 9.00. The van der Waals surface area contributed by atoms with Crippen LogP contribution >= 0.6 is 34.8 Å². The third-order valence-corrected chi connectivity index (χ3v) is 3.75. The quantitative estimate of drug-likeness (QED) is 0.884. The lowest BCUT2D eigenvalue weighted by atomic mass is 10.2. The predicted molar refractivity (Wildman–Crippen MR) is 78.2 cm³/mol. The van der Waals surface area contributed by atoms with Crippen molar-refractivity contribution in [3.63, 3.8) is 0 Å². The van der Waals surface area contributed by atoms with E-state index in [1.54, 1.807) is 24.3 Å². The van der Waals surface area contributed by atoms with Crippen molar-refractivity contribution < 1.29 is 9.84 Å². The molecule has 0 bridgehead atoms. The number of ether oxygens (including phenoxy) is 1. The lowest BCUT2D eigenvalue weighted by Gasteiger charge is -2.10. The predicted octanol–water partition coefficient (Wildman–Crippen LogP) is 4.72. The number of hydrogen-bond acceptors (Lipinski definition) is 2. The van der Waals surface area contributed by atoms with Crippen LogP contribution in [0.15, 0.2) is 36.4 Å². The summed E-state index contributed by atoms with van der Waals surface area (Å²) in [5.41, 5.74) is 1.52. The normalized spacial score (nSPS) is 10.5. The van der Waals surface area contributed by atoms with Crippen LogP contribution in [0.5, 0.6) is 5.75 Å². The second-order valence-electron chi connectivity index (χ2n) is 3.92. The van der Waals surface area contributed by atoms with Crippen molar-refractivity contribution in [3.05, 3.63) is 62.6 Å². The molecule has 0 spiro atoms. The molecule has 2 aromatic rings. The Morgan fingerprint density at radius 2 is 1.79 bits per heavy atom. The van der Waals surface area contributed by atoms with Crippen molar-refractivity contribution in [2.75, 3.05) is 0 Å².